The molecule has 1 N–H and O–H groups in total. The third-order valence-electron chi connectivity index (χ3n) is 2.47. The molecule has 0 bridgehead atoms. The molecule has 4 heteroatoms. The van der Waals surface area contributed by atoms with Crippen LogP contribution in [0.25, 0.3) is 10.9 Å². The van der Waals surface area contributed by atoms with Crippen molar-refractivity contribution >= 4 is 16.8 Å². The lowest BCUT2D eigenvalue weighted by molar-refractivity contribution is 0.0823. The van der Waals surface area contributed by atoms with Crippen LogP contribution in [0.3, 0.4) is 0 Å². The topological polar surface area (TPSA) is 45.3 Å². The van der Waals surface area contributed by atoms with E-state index in [1.807, 2.05) is 24.3 Å². The summed E-state index contributed by atoms with van der Waals surface area (Å²) in [6.07, 6.45) is 0. The molecule has 2 rings (SSSR count). The zero-order valence-corrected chi connectivity index (χ0v) is 9.57. The van der Waals surface area contributed by atoms with Crippen LogP contribution in [0.1, 0.15) is 10.5 Å². The number of fused-ring (bicyclic) bond motifs is 1. The number of ether oxygens (including phenoxy) is 1. The molecule has 16 heavy (non-hydrogen) atoms. The van der Waals surface area contributed by atoms with E-state index in [-0.39, 0.29) is 5.91 Å². The Hall–Kier alpha value is -1.97. The lowest BCUT2D eigenvalue weighted by atomic mass is 10.2. The van der Waals surface area contributed by atoms with Crippen LogP contribution in [0.4, 0.5) is 0 Å². The van der Waals surface area contributed by atoms with E-state index in [4.69, 9.17) is 4.74 Å². The van der Waals surface area contributed by atoms with Crippen LogP contribution in [0.2, 0.25) is 0 Å². The number of aromatic amines is 1. The molecular weight excluding hydrogens is 204 g/mol. The molecule has 0 fully saturated rings. The van der Waals surface area contributed by atoms with E-state index in [1.54, 1.807) is 26.1 Å². The smallest absolute Gasteiger partial charge is 0.269 e. The van der Waals surface area contributed by atoms with E-state index in [1.165, 1.54) is 0 Å². The first-order valence-corrected chi connectivity index (χ1v) is 5.00. The second-order valence-corrected chi connectivity index (χ2v) is 3.84. The average molecular weight is 218 g/mol. The van der Waals surface area contributed by atoms with Gasteiger partial charge in [0.05, 0.1) is 7.11 Å². The molecule has 0 aliphatic carbocycles. The van der Waals surface area contributed by atoms with Gasteiger partial charge in [-0.1, -0.05) is 0 Å². The summed E-state index contributed by atoms with van der Waals surface area (Å²) in [5.41, 5.74) is 1.50. The molecular formula is C12H14N2O2. The highest BCUT2D eigenvalue weighted by molar-refractivity contribution is 5.98. The fourth-order valence-corrected chi connectivity index (χ4v) is 1.59. The van der Waals surface area contributed by atoms with Crippen molar-refractivity contribution in [3.8, 4) is 5.75 Å². The largest absolute Gasteiger partial charge is 0.497 e. The first kappa shape index (κ1) is 10.5. The van der Waals surface area contributed by atoms with Crippen molar-refractivity contribution in [1.82, 2.24) is 9.88 Å². The Morgan fingerprint density at radius 3 is 2.69 bits per heavy atom. The minimum atomic E-state index is -0.0323. The van der Waals surface area contributed by atoms with Gasteiger partial charge in [0.25, 0.3) is 5.91 Å². The number of carbonyl (C=O) groups excluding carboxylic acids is 1. The van der Waals surface area contributed by atoms with E-state index in [9.17, 15) is 4.79 Å². The molecule has 0 aliphatic heterocycles. The second kappa shape index (κ2) is 3.89. The van der Waals surface area contributed by atoms with Crippen LogP contribution in [0.5, 0.6) is 5.75 Å². The summed E-state index contributed by atoms with van der Waals surface area (Å²) >= 11 is 0. The van der Waals surface area contributed by atoms with E-state index in [0.29, 0.717) is 5.69 Å². The summed E-state index contributed by atoms with van der Waals surface area (Å²) in [6.45, 7) is 0. The predicted octanol–water partition coefficient (Wildman–Crippen LogP) is 1.88. The number of hydrogen-bond donors (Lipinski definition) is 1. The van der Waals surface area contributed by atoms with Crippen LogP contribution in [0, 0.1) is 0 Å². The predicted molar refractivity (Wildman–Crippen MR) is 62.9 cm³/mol. The number of rotatable bonds is 2. The Kier molecular flexibility index (Phi) is 2.56. The summed E-state index contributed by atoms with van der Waals surface area (Å²) in [4.78, 5) is 16.4. The van der Waals surface area contributed by atoms with Gasteiger partial charge in [0.1, 0.15) is 11.4 Å². The molecule has 1 aromatic carbocycles. The summed E-state index contributed by atoms with van der Waals surface area (Å²) in [5.74, 6) is 0.744. The van der Waals surface area contributed by atoms with Crippen molar-refractivity contribution in [3.05, 3.63) is 30.0 Å². The molecule has 84 valence electrons. The van der Waals surface area contributed by atoms with Crippen LogP contribution < -0.4 is 4.74 Å². The van der Waals surface area contributed by atoms with Gasteiger partial charge < -0.3 is 14.6 Å². The number of aromatic nitrogens is 1. The van der Waals surface area contributed by atoms with Gasteiger partial charge in [-0.3, -0.25) is 4.79 Å². The SMILES string of the molecule is COc1ccc2cc(C(=O)N(C)C)[nH]c2c1. The van der Waals surface area contributed by atoms with Gasteiger partial charge in [0.15, 0.2) is 0 Å². The highest BCUT2D eigenvalue weighted by Crippen LogP contribution is 2.21. The zero-order chi connectivity index (χ0) is 11.7. The molecule has 1 heterocycles. The molecule has 0 aliphatic rings. The Morgan fingerprint density at radius 1 is 1.31 bits per heavy atom. The third kappa shape index (κ3) is 1.74. The van der Waals surface area contributed by atoms with Gasteiger partial charge in [0, 0.05) is 31.1 Å². The number of benzene rings is 1. The maximum atomic E-state index is 11.7. The molecule has 0 saturated heterocycles. The Labute approximate surface area is 93.8 Å². The Morgan fingerprint density at radius 2 is 2.06 bits per heavy atom. The fraction of sp³-hybridized carbons (Fsp3) is 0.250. The minimum absolute atomic E-state index is 0.0323. The molecule has 0 saturated carbocycles. The van der Waals surface area contributed by atoms with Gasteiger partial charge in [-0.05, 0) is 18.2 Å². The second-order valence-electron chi connectivity index (χ2n) is 3.84. The number of hydrogen-bond acceptors (Lipinski definition) is 2. The standard InChI is InChI=1S/C12H14N2O2/c1-14(2)12(15)11-6-8-4-5-9(16-3)7-10(8)13-11/h4-7,13H,1-3H3. The first-order valence-electron chi connectivity index (χ1n) is 5.00. The van der Waals surface area contributed by atoms with Gasteiger partial charge in [0.2, 0.25) is 0 Å². The van der Waals surface area contributed by atoms with Crippen molar-refractivity contribution in [2.75, 3.05) is 21.2 Å². The highest BCUT2D eigenvalue weighted by Gasteiger charge is 2.11. The quantitative estimate of drug-likeness (QED) is 0.836. The third-order valence-corrected chi connectivity index (χ3v) is 2.47. The van der Waals surface area contributed by atoms with Crippen molar-refractivity contribution in [3.63, 3.8) is 0 Å². The van der Waals surface area contributed by atoms with E-state index in [0.717, 1.165) is 16.7 Å². The van der Waals surface area contributed by atoms with Gasteiger partial charge in [-0.15, -0.1) is 0 Å². The number of carbonyl (C=O) groups is 1. The number of nitrogens with zero attached hydrogens (tertiary/aromatic N) is 1. The number of nitrogens with one attached hydrogen (secondary N) is 1. The number of H-pyrrole nitrogens is 1. The van der Waals surface area contributed by atoms with Crippen LogP contribution in [-0.2, 0) is 0 Å². The van der Waals surface area contributed by atoms with Crippen LogP contribution in [0.15, 0.2) is 24.3 Å². The van der Waals surface area contributed by atoms with Crippen molar-refractivity contribution in [1.29, 1.82) is 0 Å². The van der Waals surface area contributed by atoms with E-state index in [2.05, 4.69) is 4.98 Å². The molecule has 0 radical (unpaired) electrons. The van der Waals surface area contributed by atoms with Crippen LogP contribution in [-0.4, -0.2) is 37.0 Å². The Balaban J connectivity index is 2.47. The lowest BCUT2D eigenvalue weighted by Crippen LogP contribution is -2.21. The maximum Gasteiger partial charge on any atom is 0.269 e. The van der Waals surface area contributed by atoms with Gasteiger partial charge >= 0.3 is 0 Å². The van der Waals surface area contributed by atoms with Crippen molar-refractivity contribution in [2.24, 2.45) is 0 Å². The van der Waals surface area contributed by atoms with E-state index < -0.39 is 0 Å². The molecule has 0 spiro atoms. The fourth-order valence-electron chi connectivity index (χ4n) is 1.59. The summed E-state index contributed by atoms with van der Waals surface area (Å²) in [7, 11) is 5.08. The minimum Gasteiger partial charge on any atom is -0.497 e. The number of amides is 1. The van der Waals surface area contributed by atoms with Crippen LogP contribution >= 0.6 is 0 Å². The average Bonchev–Trinajstić information content (AvgIpc) is 2.69. The Bertz CT molecular complexity index is 529. The van der Waals surface area contributed by atoms with Crippen molar-refractivity contribution < 1.29 is 9.53 Å². The number of methoxy groups -OCH3 is 1. The normalized spacial score (nSPS) is 10.4. The zero-order valence-electron chi connectivity index (χ0n) is 9.57. The molecule has 2 aromatic rings. The lowest BCUT2D eigenvalue weighted by Gasteiger charge is -2.07. The molecule has 4 nitrogen and oxygen atoms in total. The van der Waals surface area contributed by atoms with Gasteiger partial charge in [-0.2, -0.15) is 0 Å². The summed E-state index contributed by atoms with van der Waals surface area (Å²) < 4.78 is 5.12. The molecule has 1 aromatic heterocycles. The molecule has 1 amide bonds. The molecule has 0 atom stereocenters. The monoisotopic (exact) mass is 218 g/mol. The van der Waals surface area contributed by atoms with Gasteiger partial charge in [-0.25, -0.2) is 0 Å². The van der Waals surface area contributed by atoms with Crippen molar-refractivity contribution in [2.45, 2.75) is 0 Å². The molecule has 0 unspecified atom stereocenters. The summed E-state index contributed by atoms with van der Waals surface area (Å²) in [5, 5.41) is 1.01. The maximum absolute atomic E-state index is 11.7. The first-order chi connectivity index (χ1) is 7.61. The summed E-state index contributed by atoms with van der Waals surface area (Å²) in [6, 6.07) is 7.52. The van der Waals surface area contributed by atoms with E-state index >= 15 is 0 Å². The highest BCUT2D eigenvalue weighted by atomic mass is 16.5.